The number of anilines is 1. The highest BCUT2D eigenvalue weighted by molar-refractivity contribution is 5.62. The number of benzene rings is 1. The molecule has 0 bridgehead atoms. The van der Waals surface area contributed by atoms with Gasteiger partial charge in [-0.1, -0.05) is 12.1 Å². The SMILES string of the molecule is Nc1c(CN(CCO)CCO)cccc1[N+](=O)[O-]. The minimum Gasteiger partial charge on any atom is -0.395 e. The van der Waals surface area contributed by atoms with Gasteiger partial charge < -0.3 is 15.9 Å². The predicted octanol–water partition coefficient (Wildman–Crippen LogP) is -0.0364. The molecule has 0 spiro atoms. The molecule has 7 nitrogen and oxygen atoms in total. The first-order valence-corrected chi connectivity index (χ1v) is 5.56. The van der Waals surface area contributed by atoms with Crippen molar-refractivity contribution in [2.24, 2.45) is 0 Å². The molecule has 18 heavy (non-hydrogen) atoms. The van der Waals surface area contributed by atoms with Gasteiger partial charge in [0, 0.05) is 25.7 Å². The number of aliphatic hydroxyl groups excluding tert-OH is 2. The van der Waals surface area contributed by atoms with Crippen LogP contribution in [0.2, 0.25) is 0 Å². The van der Waals surface area contributed by atoms with Gasteiger partial charge >= 0.3 is 0 Å². The third kappa shape index (κ3) is 3.66. The number of nitrogens with two attached hydrogens (primary N) is 1. The fourth-order valence-electron chi connectivity index (χ4n) is 1.69. The van der Waals surface area contributed by atoms with Crippen LogP contribution in [0.15, 0.2) is 18.2 Å². The minimum atomic E-state index is -0.527. The first-order valence-electron chi connectivity index (χ1n) is 5.56. The van der Waals surface area contributed by atoms with Crippen LogP contribution >= 0.6 is 0 Å². The summed E-state index contributed by atoms with van der Waals surface area (Å²) >= 11 is 0. The number of rotatable bonds is 7. The number of hydrogen-bond donors (Lipinski definition) is 3. The first kappa shape index (κ1) is 14.4. The van der Waals surface area contributed by atoms with Crippen LogP contribution in [-0.2, 0) is 6.54 Å². The largest absolute Gasteiger partial charge is 0.395 e. The number of aliphatic hydroxyl groups is 2. The zero-order chi connectivity index (χ0) is 13.5. The Morgan fingerprint density at radius 3 is 2.39 bits per heavy atom. The molecule has 0 atom stereocenters. The second-order valence-electron chi connectivity index (χ2n) is 3.83. The van der Waals surface area contributed by atoms with Crippen molar-refractivity contribution in [3.63, 3.8) is 0 Å². The number of para-hydroxylation sites is 1. The molecule has 0 aliphatic carbocycles. The van der Waals surface area contributed by atoms with E-state index < -0.39 is 4.92 Å². The molecule has 0 aromatic heterocycles. The third-order valence-corrected chi connectivity index (χ3v) is 2.60. The van der Waals surface area contributed by atoms with E-state index in [-0.39, 0.29) is 24.6 Å². The average molecular weight is 255 g/mol. The van der Waals surface area contributed by atoms with E-state index in [1.165, 1.54) is 6.07 Å². The molecule has 0 aliphatic rings. The third-order valence-electron chi connectivity index (χ3n) is 2.60. The Morgan fingerprint density at radius 1 is 1.28 bits per heavy atom. The van der Waals surface area contributed by atoms with E-state index in [9.17, 15) is 10.1 Å². The molecule has 100 valence electrons. The standard InChI is InChI=1S/C11H17N3O4/c12-11-9(2-1-3-10(11)14(17)18)8-13(4-6-15)5-7-16/h1-3,15-16H,4-8,12H2. The van der Waals surface area contributed by atoms with Gasteiger partial charge in [0.05, 0.1) is 18.1 Å². The van der Waals surface area contributed by atoms with E-state index in [1.54, 1.807) is 17.0 Å². The highest BCUT2D eigenvalue weighted by atomic mass is 16.6. The summed E-state index contributed by atoms with van der Waals surface area (Å²) in [7, 11) is 0. The van der Waals surface area contributed by atoms with Gasteiger partial charge in [0.15, 0.2) is 0 Å². The van der Waals surface area contributed by atoms with Crippen molar-refractivity contribution in [2.45, 2.75) is 6.54 Å². The molecular formula is C11H17N3O4. The van der Waals surface area contributed by atoms with Gasteiger partial charge in [-0.15, -0.1) is 0 Å². The van der Waals surface area contributed by atoms with Crippen molar-refractivity contribution in [1.82, 2.24) is 4.90 Å². The lowest BCUT2D eigenvalue weighted by atomic mass is 10.1. The van der Waals surface area contributed by atoms with E-state index in [2.05, 4.69) is 0 Å². The Labute approximate surface area is 105 Å². The van der Waals surface area contributed by atoms with Gasteiger partial charge in [0.2, 0.25) is 0 Å². The molecule has 0 amide bonds. The van der Waals surface area contributed by atoms with E-state index in [0.29, 0.717) is 25.2 Å². The molecular weight excluding hydrogens is 238 g/mol. The highest BCUT2D eigenvalue weighted by Crippen LogP contribution is 2.25. The second kappa shape index (κ2) is 6.90. The molecule has 1 aromatic carbocycles. The van der Waals surface area contributed by atoms with Crippen molar-refractivity contribution < 1.29 is 15.1 Å². The molecule has 1 rings (SSSR count). The van der Waals surface area contributed by atoms with Crippen LogP contribution in [0.3, 0.4) is 0 Å². The normalized spacial score (nSPS) is 10.8. The Morgan fingerprint density at radius 2 is 1.89 bits per heavy atom. The van der Waals surface area contributed by atoms with E-state index in [0.717, 1.165) is 0 Å². The first-order chi connectivity index (χ1) is 8.60. The lowest BCUT2D eigenvalue weighted by Gasteiger charge is -2.20. The lowest BCUT2D eigenvalue weighted by molar-refractivity contribution is -0.384. The van der Waals surface area contributed by atoms with Crippen molar-refractivity contribution in [3.05, 3.63) is 33.9 Å². The summed E-state index contributed by atoms with van der Waals surface area (Å²) in [5, 5.41) is 28.5. The molecule has 0 saturated heterocycles. The summed E-state index contributed by atoms with van der Waals surface area (Å²) in [6.07, 6.45) is 0. The van der Waals surface area contributed by atoms with Crippen LogP contribution in [-0.4, -0.2) is 46.3 Å². The molecule has 0 fully saturated rings. The molecule has 0 radical (unpaired) electrons. The Kier molecular flexibility index (Phi) is 5.50. The fraction of sp³-hybridized carbons (Fsp3) is 0.455. The zero-order valence-electron chi connectivity index (χ0n) is 9.95. The average Bonchev–Trinajstić information content (AvgIpc) is 2.32. The summed E-state index contributed by atoms with van der Waals surface area (Å²) in [5.74, 6) is 0. The summed E-state index contributed by atoms with van der Waals surface area (Å²) in [4.78, 5) is 12.0. The lowest BCUT2D eigenvalue weighted by Crippen LogP contribution is -2.29. The maximum absolute atomic E-state index is 10.7. The highest BCUT2D eigenvalue weighted by Gasteiger charge is 2.15. The van der Waals surface area contributed by atoms with Crippen molar-refractivity contribution in [3.8, 4) is 0 Å². The molecule has 4 N–H and O–H groups in total. The molecule has 0 heterocycles. The van der Waals surface area contributed by atoms with E-state index in [4.69, 9.17) is 15.9 Å². The fourth-order valence-corrected chi connectivity index (χ4v) is 1.69. The number of nitrogen functional groups attached to an aromatic ring is 1. The topological polar surface area (TPSA) is 113 Å². The Bertz CT molecular complexity index is 405. The number of nitro groups is 1. The van der Waals surface area contributed by atoms with Crippen molar-refractivity contribution >= 4 is 11.4 Å². The molecule has 0 saturated carbocycles. The van der Waals surface area contributed by atoms with Gasteiger partial charge in [-0.2, -0.15) is 0 Å². The molecule has 0 aliphatic heterocycles. The second-order valence-corrected chi connectivity index (χ2v) is 3.83. The maximum atomic E-state index is 10.7. The summed E-state index contributed by atoms with van der Waals surface area (Å²) in [5.41, 5.74) is 6.35. The molecule has 1 aromatic rings. The van der Waals surface area contributed by atoms with E-state index in [1.807, 2.05) is 0 Å². The van der Waals surface area contributed by atoms with Crippen LogP contribution in [0.4, 0.5) is 11.4 Å². The predicted molar refractivity (Wildman–Crippen MR) is 67.0 cm³/mol. The summed E-state index contributed by atoms with van der Waals surface area (Å²) in [6, 6.07) is 4.62. The van der Waals surface area contributed by atoms with Gasteiger partial charge in [0.25, 0.3) is 5.69 Å². The van der Waals surface area contributed by atoms with Gasteiger partial charge in [-0.25, -0.2) is 0 Å². The van der Waals surface area contributed by atoms with Gasteiger partial charge in [-0.05, 0) is 5.56 Å². The van der Waals surface area contributed by atoms with E-state index >= 15 is 0 Å². The summed E-state index contributed by atoms with van der Waals surface area (Å²) in [6.45, 7) is 1.02. The van der Waals surface area contributed by atoms with Crippen LogP contribution < -0.4 is 5.73 Å². The van der Waals surface area contributed by atoms with Gasteiger partial charge in [-0.3, -0.25) is 15.0 Å². The smallest absolute Gasteiger partial charge is 0.292 e. The van der Waals surface area contributed by atoms with Crippen LogP contribution in [0.1, 0.15) is 5.56 Å². The van der Waals surface area contributed by atoms with Gasteiger partial charge in [0.1, 0.15) is 5.69 Å². The summed E-state index contributed by atoms with van der Waals surface area (Å²) < 4.78 is 0. The van der Waals surface area contributed by atoms with Crippen LogP contribution in [0, 0.1) is 10.1 Å². The Balaban J connectivity index is 2.88. The molecule has 7 heteroatoms. The van der Waals surface area contributed by atoms with Crippen molar-refractivity contribution in [1.29, 1.82) is 0 Å². The quantitative estimate of drug-likeness (QED) is 0.358. The minimum absolute atomic E-state index is 0.0468. The van der Waals surface area contributed by atoms with Crippen LogP contribution in [0.5, 0.6) is 0 Å². The number of hydrogen-bond acceptors (Lipinski definition) is 6. The molecule has 0 unspecified atom stereocenters. The monoisotopic (exact) mass is 255 g/mol. The van der Waals surface area contributed by atoms with Crippen LogP contribution in [0.25, 0.3) is 0 Å². The zero-order valence-corrected chi connectivity index (χ0v) is 9.95. The number of nitrogens with zero attached hydrogens (tertiary/aromatic N) is 2. The van der Waals surface area contributed by atoms with Crippen molar-refractivity contribution in [2.75, 3.05) is 32.0 Å². The number of nitro benzene ring substituents is 1. The Hall–Kier alpha value is -1.70. The maximum Gasteiger partial charge on any atom is 0.292 e.